The van der Waals surface area contributed by atoms with Gasteiger partial charge < -0.3 is 5.32 Å². The predicted octanol–water partition coefficient (Wildman–Crippen LogP) is 2.46. The van der Waals surface area contributed by atoms with Gasteiger partial charge >= 0.3 is 0 Å². The van der Waals surface area contributed by atoms with E-state index < -0.39 is 6.17 Å². The van der Waals surface area contributed by atoms with Crippen LogP contribution in [0.2, 0.25) is 0 Å². The highest BCUT2D eigenvalue weighted by atomic mass is 19.1. The third-order valence-corrected chi connectivity index (χ3v) is 2.91. The van der Waals surface area contributed by atoms with Gasteiger partial charge in [-0.25, -0.2) is 8.78 Å². The molecule has 0 spiro atoms. The van der Waals surface area contributed by atoms with Gasteiger partial charge in [0.25, 0.3) is 0 Å². The number of hydrogen-bond donors (Lipinski definition) is 1. The Balaban J connectivity index is 1.99. The van der Waals surface area contributed by atoms with Crippen molar-refractivity contribution in [2.75, 3.05) is 6.54 Å². The molecule has 15 heavy (non-hydrogen) atoms. The van der Waals surface area contributed by atoms with Crippen LogP contribution < -0.4 is 5.32 Å². The molecule has 1 aliphatic heterocycles. The van der Waals surface area contributed by atoms with Gasteiger partial charge in [-0.05, 0) is 31.0 Å². The summed E-state index contributed by atoms with van der Waals surface area (Å²) in [6.07, 6.45) is 1.06. The smallest absolute Gasteiger partial charge is 0.126 e. The first kappa shape index (κ1) is 10.6. The second-order valence-corrected chi connectivity index (χ2v) is 4.01. The molecule has 0 aliphatic carbocycles. The third kappa shape index (κ3) is 2.53. The highest BCUT2D eigenvalue weighted by Crippen LogP contribution is 2.18. The van der Waals surface area contributed by atoms with Gasteiger partial charge in [0, 0.05) is 12.5 Å². The maximum absolute atomic E-state index is 13.7. The summed E-state index contributed by atoms with van der Waals surface area (Å²) in [5, 5.41) is 3.10. The minimum absolute atomic E-state index is 0.0930. The van der Waals surface area contributed by atoms with Gasteiger partial charge in [0.1, 0.15) is 12.0 Å². The van der Waals surface area contributed by atoms with E-state index in [1.165, 1.54) is 6.07 Å². The molecule has 2 rings (SSSR count). The second kappa shape index (κ2) is 4.71. The van der Waals surface area contributed by atoms with Gasteiger partial charge in [0.15, 0.2) is 0 Å². The molecule has 1 aromatic carbocycles. The van der Waals surface area contributed by atoms with Crippen LogP contribution in [-0.2, 0) is 6.42 Å². The summed E-state index contributed by atoms with van der Waals surface area (Å²) in [5.41, 5.74) is 0.471. The number of benzene rings is 1. The molecule has 1 fully saturated rings. The lowest BCUT2D eigenvalue weighted by atomic mass is 10.0. The quantitative estimate of drug-likeness (QED) is 0.809. The second-order valence-electron chi connectivity index (χ2n) is 4.01. The maximum Gasteiger partial charge on any atom is 0.126 e. The Hall–Kier alpha value is -0.960. The molecule has 0 radical (unpaired) electrons. The normalized spacial score (nSPS) is 22.9. The van der Waals surface area contributed by atoms with E-state index in [0.29, 0.717) is 5.56 Å². The lowest BCUT2D eigenvalue weighted by Gasteiger charge is -2.16. The first-order valence-corrected chi connectivity index (χ1v) is 5.38. The van der Waals surface area contributed by atoms with Gasteiger partial charge in [0.05, 0.1) is 0 Å². The molecule has 1 saturated heterocycles. The Bertz CT molecular complexity index is 321. The zero-order chi connectivity index (χ0) is 10.7. The average Bonchev–Trinajstić information content (AvgIpc) is 2.74. The van der Waals surface area contributed by atoms with Crippen LogP contribution in [-0.4, -0.2) is 18.8 Å². The van der Waals surface area contributed by atoms with E-state index in [2.05, 4.69) is 5.32 Å². The highest BCUT2D eigenvalue weighted by Gasteiger charge is 2.24. The molecule has 3 heteroatoms. The lowest BCUT2D eigenvalue weighted by molar-refractivity contribution is 0.261. The van der Waals surface area contributed by atoms with Crippen molar-refractivity contribution >= 4 is 0 Å². The zero-order valence-corrected chi connectivity index (χ0v) is 8.55. The third-order valence-electron chi connectivity index (χ3n) is 2.91. The van der Waals surface area contributed by atoms with Gasteiger partial charge in [0.2, 0.25) is 0 Å². The van der Waals surface area contributed by atoms with E-state index in [9.17, 15) is 8.78 Å². The van der Waals surface area contributed by atoms with E-state index in [-0.39, 0.29) is 18.3 Å². The first-order valence-electron chi connectivity index (χ1n) is 5.38. The number of rotatable bonds is 3. The van der Waals surface area contributed by atoms with Crippen molar-refractivity contribution in [3.8, 4) is 0 Å². The topological polar surface area (TPSA) is 12.0 Å². The van der Waals surface area contributed by atoms with Crippen molar-refractivity contribution < 1.29 is 8.78 Å². The Kier molecular flexibility index (Phi) is 3.31. The highest BCUT2D eigenvalue weighted by molar-refractivity contribution is 5.18. The number of alkyl halides is 1. The Morgan fingerprint density at radius 3 is 2.87 bits per heavy atom. The van der Waals surface area contributed by atoms with Gasteiger partial charge in [-0.15, -0.1) is 0 Å². The lowest BCUT2D eigenvalue weighted by Crippen LogP contribution is -2.33. The molecular formula is C12H15F2N. The van der Waals surface area contributed by atoms with E-state index in [1.54, 1.807) is 18.2 Å². The van der Waals surface area contributed by atoms with Crippen molar-refractivity contribution in [3.05, 3.63) is 35.6 Å². The van der Waals surface area contributed by atoms with Crippen LogP contribution in [0, 0.1) is 5.82 Å². The van der Waals surface area contributed by atoms with E-state index in [0.717, 1.165) is 19.4 Å². The number of halogens is 2. The molecule has 82 valence electrons. The van der Waals surface area contributed by atoms with Crippen molar-refractivity contribution in [1.82, 2.24) is 5.32 Å². The van der Waals surface area contributed by atoms with Crippen LogP contribution in [0.25, 0.3) is 0 Å². The summed E-state index contributed by atoms with van der Waals surface area (Å²) in [4.78, 5) is 0. The summed E-state index contributed by atoms with van der Waals surface area (Å²) < 4.78 is 27.0. The number of hydrogen-bond acceptors (Lipinski definition) is 1. The van der Waals surface area contributed by atoms with E-state index >= 15 is 0 Å². The van der Waals surface area contributed by atoms with Crippen molar-refractivity contribution in [1.29, 1.82) is 0 Å². The zero-order valence-electron chi connectivity index (χ0n) is 8.55. The summed E-state index contributed by atoms with van der Waals surface area (Å²) >= 11 is 0. The van der Waals surface area contributed by atoms with Gasteiger partial charge in [-0.1, -0.05) is 18.2 Å². The average molecular weight is 211 g/mol. The van der Waals surface area contributed by atoms with E-state index in [4.69, 9.17) is 0 Å². The largest absolute Gasteiger partial charge is 0.311 e. The molecule has 2 atom stereocenters. The molecule has 2 unspecified atom stereocenters. The van der Waals surface area contributed by atoms with Crippen molar-refractivity contribution in [3.63, 3.8) is 0 Å². The molecule has 1 N–H and O–H groups in total. The monoisotopic (exact) mass is 211 g/mol. The van der Waals surface area contributed by atoms with Gasteiger partial charge in [-0.2, -0.15) is 0 Å². The molecule has 1 heterocycles. The molecule has 0 saturated carbocycles. The van der Waals surface area contributed by atoms with Crippen LogP contribution in [0.5, 0.6) is 0 Å². The molecule has 0 amide bonds. The minimum Gasteiger partial charge on any atom is -0.311 e. The minimum atomic E-state index is -0.982. The Morgan fingerprint density at radius 2 is 2.20 bits per heavy atom. The fourth-order valence-corrected chi connectivity index (χ4v) is 2.04. The van der Waals surface area contributed by atoms with Crippen molar-refractivity contribution in [2.45, 2.75) is 31.5 Å². The fraction of sp³-hybridized carbons (Fsp3) is 0.500. The van der Waals surface area contributed by atoms with Crippen molar-refractivity contribution in [2.24, 2.45) is 0 Å². The SMILES string of the molecule is Fc1ccccc1CC(F)C1CCCN1. The summed E-state index contributed by atoms with van der Waals surface area (Å²) in [7, 11) is 0. The number of nitrogens with one attached hydrogen (secondary N) is 1. The fourth-order valence-electron chi connectivity index (χ4n) is 2.04. The van der Waals surface area contributed by atoms with E-state index in [1.807, 2.05) is 0 Å². The van der Waals surface area contributed by atoms with Crippen LogP contribution in [0.4, 0.5) is 8.78 Å². The molecule has 1 aromatic rings. The Morgan fingerprint density at radius 1 is 1.40 bits per heavy atom. The summed E-state index contributed by atoms with van der Waals surface area (Å²) in [6.45, 7) is 0.877. The van der Waals surface area contributed by atoms with Crippen LogP contribution in [0.1, 0.15) is 18.4 Å². The standard InChI is InChI=1S/C12H15F2N/c13-10-5-2-1-4-9(10)8-11(14)12-6-3-7-15-12/h1-2,4-5,11-12,15H,3,6-8H2. The van der Waals surface area contributed by atoms with Crippen LogP contribution >= 0.6 is 0 Å². The molecular weight excluding hydrogens is 196 g/mol. The summed E-state index contributed by atoms with van der Waals surface area (Å²) in [5.74, 6) is -0.307. The maximum atomic E-state index is 13.7. The first-order chi connectivity index (χ1) is 7.27. The van der Waals surface area contributed by atoms with Crippen LogP contribution in [0.15, 0.2) is 24.3 Å². The molecule has 1 aliphatic rings. The Labute approximate surface area is 88.5 Å². The molecule has 0 bridgehead atoms. The molecule has 1 nitrogen and oxygen atoms in total. The van der Waals surface area contributed by atoms with Crippen LogP contribution in [0.3, 0.4) is 0 Å². The summed E-state index contributed by atoms with van der Waals surface area (Å²) in [6, 6.07) is 6.30. The predicted molar refractivity (Wildman–Crippen MR) is 56.0 cm³/mol. The van der Waals surface area contributed by atoms with Gasteiger partial charge in [-0.3, -0.25) is 0 Å². The molecule has 0 aromatic heterocycles.